The van der Waals surface area contributed by atoms with Gasteiger partial charge in [0.2, 0.25) is 0 Å². The van der Waals surface area contributed by atoms with Crippen molar-refractivity contribution in [1.29, 1.82) is 0 Å². The zero-order valence-corrected chi connectivity index (χ0v) is 13.3. The van der Waals surface area contributed by atoms with Crippen LogP contribution in [0.25, 0.3) is 10.9 Å². The first-order chi connectivity index (χ1) is 11.0. The predicted octanol–water partition coefficient (Wildman–Crippen LogP) is 3.32. The van der Waals surface area contributed by atoms with Gasteiger partial charge in [-0.3, -0.25) is 4.79 Å². The number of aliphatic carboxylic acids is 1. The van der Waals surface area contributed by atoms with Crippen LogP contribution < -0.4 is 5.32 Å². The Labute approximate surface area is 135 Å². The van der Waals surface area contributed by atoms with E-state index in [1.807, 2.05) is 18.3 Å². The first kappa shape index (κ1) is 15.6. The molecule has 2 aromatic rings. The second-order valence-corrected chi connectivity index (χ2v) is 6.47. The molecule has 1 aromatic carbocycles. The molecule has 3 N–H and O–H groups in total. The van der Waals surface area contributed by atoms with Crippen LogP contribution in [0.1, 0.15) is 49.4 Å². The highest BCUT2D eigenvalue weighted by molar-refractivity contribution is 6.00. The number of rotatable bonds is 4. The smallest absolute Gasteiger partial charge is 0.329 e. The Bertz CT molecular complexity index is 727. The second kappa shape index (κ2) is 6.07. The molecule has 0 spiro atoms. The van der Waals surface area contributed by atoms with Crippen LogP contribution in [0.2, 0.25) is 0 Å². The number of hydrogen-bond donors (Lipinski definition) is 3. The fourth-order valence-electron chi connectivity index (χ4n) is 3.45. The number of H-pyrrole nitrogens is 1. The third kappa shape index (κ3) is 2.96. The Morgan fingerprint density at radius 3 is 2.70 bits per heavy atom. The highest BCUT2D eigenvalue weighted by Gasteiger charge is 2.43. The molecule has 0 saturated heterocycles. The molecular formula is C18H22N2O3. The van der Waals surface area contributed by atoms with Crippen LogP contribution in [-0.2, 0) is 4.79 Å². The lowest BCUT2D eigenvalue weighted by molar-refractivity contribution is -0.146. The number of aromatic amines is 1. The molecule has 1 aliphatic carbocycles. The van der Waals surface area contributed by atoms with Crippen molar-refractivity contribution in [1.82, 2.24) is 10.3 Å². The van der Waals surface area contributed by atoms with Crippen LogP contribution in [0.15, 0.2) is 30.5 Å². The van der Waals surface area contributed by atoms with Crippen LogP contribution in [0.4, 0.5) is 0 Å². The monoisotopic (exact) mass is 314 g/mol. The van der Waals surface area contributed by atoms with Crippen molar-refractivity contribution in [3.05, 3.63) is 36.0 Å². The number of nitrogens with one attached hydrogen (secondary N) is 2. The minimum atomic E-state index is -1.13. The highest BCUT2D eigenvalue weighted by Crippen LogP contribution is 2.34. The number of carboxylic acids is 1. The van der Waals surface area contributed by atoms with Gasteiger partial charge in [-0.15, -0.1) is 0 Å². The van der Waals surface area contributed by atoms with Crippen molar-refractivity contribution in [2.45, 2.75) is 44.6 Å². The lowest BCUT2D eigenvalue weighted by Gasteiger charge is -2.37. The maximum absolute atomic E-state index is 12.6. The fraction of sp³-hybridized carbons (Fsp3) is 0.444. The van der Waals surface area contributed by atoms with Crippen molar-refractivity contribution in [3.8, 4) is 0 Å². The van der Waals surface area contributed by atoms with Gasteiger partial charge in [0.25, 0.3) is 5.91 Å². The first-order valence-electron chi connectivity index (χ1n) is 8.17. The van der Waals surface area contributed by atoms with E-state index in [1.165, 1.54) is 0 Å². The van der Waals surface area contributed by atoms with Crippen molar-refractivity contribution in [2.75, 3.05) is 0 Å². The van der Waals surface area contributed by atoms with Gasteiger partial charge in [0.1, 0.15) is 5.54 Å². The number of aromatic nitrogens is 1. The number of hydrogen-bond acceptors (Lipinski definition) is 2. The zero-order valence-electron chi connectivity index (χ0n) is 13.3. The van der Waals surface area contributed by atoms with Gasteiger partial charge in [0.15, 0.2) is 0 Å². The molecule has 122 valence electrons. The van der Waals surface area contributed by atoms with E-state index in [2.05, 4.69) is 17.2 Å². The third-order valence-electron chi connectivity index (χ3n) is 5.12. The summed E-state index contributed by atoms with van der Waals surface area (Å²) in [4.78, 5) is 27.4. The summed E-state index contributed by atoms with van der Waals surface area (Å²) in [7, 11) is 0. The molecule has 1 fully saturated rings. The van der Waals surface area contributed by atoms with Gasteiger partial charge in [-0.25, -0.2) is 4.79 Å². The fourth-order valence-corrected chi connectivity index (χ4v) is 3.45. The number of amides is 1. The quantitative estimate of drug-likeness (QED) is 0.809. The van der Waals surface area contributed by atoms with E-state index in [4.69, 9.17) is 0 Å². The van der Waals surface area contributed by atoms with E-state index < -0.39 is 11.5 Å². The summed E-state index contributed by atoms with van der Waals surface area (Å²) in [5.41, 5.74) is 0.225. The molecular weight excluding hydrogens is 292 g/mol. The van der Waals surface area contributed by atoms with Crippen LogP contribution in [0, 0.1) is 5.92 Å². The molecule has 1 heterocycles. The van der Waals surface area contributed by atoms with Crippen molar-refractivity contribution in [2.24, 2.45) is 5.92 Å². The molecule has 0 unspecified atom stereocenters. The average Bonchev–Trinajstić information content (AvgIpc) is 3.02. The molecule has 5 heteroatoms. The molecule has 1 amide bonds. The van der Waals surface area contributed by atoms with E-state index >= 15 is 0 Å². The molecule has 3 rings (SSSR count). The van der Waals surface area contributed by atoms with Gasteiger partial charge < -0.3 is 15.4 Å². The van der Waals surface area contributed by atoms with Gasteiger partial charge >= 0.3 is 5.97 Å². The predicted molar refractivity (Wildman–Crippen MR) is 88.4 cm³/mol. The number of carbonyl (C=O) groups excluding carboxylic acids is 1. The normalized spacial score (nSPS) is 24.5. The Kier molecular flexibility index (Phi) is 4.11. The standard InChI is InChI=1S/C18H22N2O3/c1-2-12-5-8-18(9-6-12,17(22)23)20-16(21)14-4-3-13-7-10-19-15(13)11-14/h3-4,7,10-12,19H,2,5-6,8-9H2,1H3,(H,20,21)(H,22,23). The van der Waals surface area contributed by atoms with Crippen molar-refractivity contribution < 1.29 is 14.7 Å². The second-order valence-electron chi connectivity index (χ2n) is 6.47. The van der Waals surface area contributed by atoms with Crippen LogP contribution in [0.3, 0.4) is 0 Å². The Morgan fingerprint density at radius 1 is 1.30 bits per heavy atom. The average molecular weight is 314 g/mol. The molecule has 5 nitrogen and oxygen atoms in total. The van der Waals surface area contributed by atoms with Crippen molar-refractivity contribution in [3.63, 3.8) is 0 Å². The van der Waals surface area contributed by atoms with E-state index in [0.29, 0.717) is 24.3 Å². The number of fused-ring (bicyclic) bond motifs is 1. The minimum Gasteiger partial charge on any atom is -0.480 e. The highest BCUT2D eigenvalue weighted by atomic mass is 16.4. The van der Waals surface area contributed by atoms with Crippen LogP contribution >= 0.6 is 0 Å². The van der Waals surface area contributed by atoms with Gasteiger partial charge in [-0.1, -0.05) is 19.4 Å². The maximum Gasteiger partial charge on any atom is 0.329 e. The van der Waals surface area contributed by atoms with Crippen LogP contribution in [0.5, 0.6) is 0 Å². The van der Waals surface area contributed by atoms with E-state index in [-0.39, 0.29) is 5.91 Å². The number of benzene rings is 1. The van der Waals surface area contributed by atoms with E-state index in [0.717, 1.165) is 30.2 Å². The summed E-state index contributed by atoms with van der Waals surface area (Å²) in [6, 6.07) is 7.29. The van der Waals surface area contributed by atoms with Gasteiger partial charge in [-0.05, 0) is 55.2 Å². The molecule has 0 atom stereocenters. The molecule has 23 heavy (non-hydrogen) atoms. The molecule has 0 radical (unpaired) electrons. The molecule has 1 aromatic heterocycles. The summed E-state index contributed by atoms with van der Waals surface area (Å²) < 4.78 is 0. The number of carbonyl (C=O) groups is 2. The topological polar surface area (TPSA) is 82.2 Å². The zero-order chi connectivity index (χ0) is 16.4. The van der Waals surface area contributed by atoms with Gasteiger partial charge in [0, 0.05) is 17.3 Å². The summed E-state index contributed by atoms with van der Waals surface area (Å²) >= 11 is 0. The summed E-state index contributed by atoms with van der Waals surface area (Å²) in [5.74, 6) is -0.685. The van der Waals surface area contributed by atoms with Crippen molar-refractivity contribution >= 4 is 22.8 Å². The Balaban J connectivity index is 1.79. The third-order valence-corrected chi connectivity index (χ3v) is 5.12. The SMILES string of the molecule is CCC1CCC(NC(=O)c2ccc3cc[nH]c3c2)(C(=O)O)CC1. The summed E-state index contributed by atoms with van der Waals surface area (Å²) in [6.45, 7) is 2.13. The van der Waals surface area contributed by atoms with E-state index in [1.54, 1.807) is 12.1 Å². The number of carboxylic acid groups (broad SMARTS) is 1. The van der Waals surface area contributed by atoms with Gasteiger partial charge in [-0.2, -0.15) is 0 Å². The van der Waals surface area contributed by atoms with Crippen LogP contribution in [-0.4, -0.2) is 27.5 Å². The minimum absolute atomic E-state index is 0.321. The van der Waals surface area contributed by atoms with Gasteiger partial charge in [0.05, 0.1) is 0 Å². The summed E-state index contributed by atoms with van der Waals surface area (Å²) in [6.07, 6.45) is 5.57. The molecule has 1 saturated carbocycles. The summed E-state index contributed by atoms with van der Waals surface area (Å²) in [5, 5.41) is 13.5. The largest absolute Gasteiger partial charge is 0.480 e. The molecule has 1 aliphatic rings. The Morgan fingerprint density at radius 2 is 2.04 bits per heavy atom. The lowest BCUT2D eigenvalue weighted by Crippen LogP contribution is -2.56. The maximum atomic E-state index is 12.6. The molecule has 0 bridgehead atoms. The first-order valence-corrected chi connectivity index (χ1v) is 8.17. The van der Waals surface area contributed by atoms with E-state index in [9.17, 15) is 14.7 Å². The Hall–Kier alpha value is -2.30. The molecule has 0 aliphatic heterocycles. The lowest BCUT2D eigenvalue weighted by atomic mass is 9.75.